The zero-order chi connectivity index (χ0) is 11.3. The molecule has 1 nitrogen and oxygen atoms in total. The predicted octanol–water partition coefficient (Wildman–Crippen LogP) is 3.07. The molecular formula is C12H15F2N. The Hall–Kier alpha value is -1.22. The lowest BCUT2D eigenvalue weighted by molar-refractivity contribution is 0.0362. The Morgan fingerprint density at radius 2 is 1.93 bits per heavy atom. The van der Waals surface area contributed by atoms with Gasteiger partial charge in [0, 0.05) is 6.42 Å². The summed E-state index contributed by atoms with van der Waals surface area (Å²) in [7, 11) is 0. The van der Waals surface area contributed by atoms with E-state index >= 15 is 0 Å². The zero-order valence-electron chi connectivity index (χ0n) is 8.71. The maximum Gasteiger partial charge on any atom is 0.270 e. The van der Waals surface area contributed by atoms with E-state index < -0.39 is 5.92 Å². The van der Waals surface area contributed by atoms with Crippen molar-refractivity contribution >= 4 is 6.08 Å². The molecule has 0 atom stereocenters. The van der Waals surface area contributed by atoms with Crippen molar-refractivity contribution in [1.29, 1.82) is 0 Å². The fourth-order valence-electron chi connectivity index (χ4n) is 1.28. The summed E-state index contributed by atoms with van der Waals surface area (Å²) in [6.45, 7) is 1.43. The molecule has 1 rings (SSSR count). The number of hydrogen-bond donors (Lipinski definition) is 1. The van der Waals surface area contributed by atoms with Crippen molar-refractivity contribution in [3.8, 4) is 0 Å². The van der Waals surface area contributed by atoms with Gasteiger partial charge in [-0.3, -0.25) is 0 Å². The molecule has 1 aromatic rings. The molecule has 0 fully saturated rings. The monoisotopic (exact) mass is 211 g/mol. The van der Waals surface area contributed by atoms with Crippen LogP contribution in [0.5, 0.6) is 0 Å². The van der Waals surface area contributed by atoms with Crippen LogP contribution in [0.3, 0.4) is 0 Å². The molecule has 15 heavy (non-hydrogen) atoms. The smallest absolute Gasteiger partial charge is 0.270 e. The summed E-state index contributed by atoms with van der Waals surface area (Å²) in [5.41, 5.74) is 5.98. The highest BCUT2D eigenvalue weighted by Gasteiger charge is 2.29. The SMILES string of the molecule is C/C(=C\c1ccccc1)C(F)(F)CCN. The van der Waals surface area contributed by atoms with E-state index in [1.807, 2.05) is 18.2 Å². The highest BCUT2D eigenvalue weighted by atomic mass is 19.3. The van der Waals surface area contributed by atoms with Crippen LogP contribution in [0.2, 0.25) is 0 Å². The van der Waals surface area contributed by atoms with Crippen LogP contribution < -0.4 is 5.73 Å². The number of nitrogens with two attached hydrogens (primary N) is 1. The van der Waals surface area contributed by atoms with Crippen LogP contribution in [0.1, 0.15) is 18.9 Å². The molecule has 0 spiro atoms. The van der Waals surface area contributed by atoms with Gasteiger partial charge in [0.15, 0.2) is 0 Å². The predicted molar refractivity (Wildman–Crippen MR) is 58.7 cm³/mol. The number of hydrogen-bond acceptors (Lipinski definition) is 1. The second-order valence-electron chi connectivity index (χ2n) is 3.48. The van der Waals surface area contributed by atoms with Gasteiger partial charge in [0.1, 0.15) is 0 Å². The molecule has 0 aromatic heterocycles. The molecule has 0 heterocycles. The second kappa shape index (κ2) is 5.03. The summed E-state index contributed by atoms with van der Waals surface area (Å²) in [6, 6.07) is 9.08. The Kier molecular flexibility index (Phi) is 3.97. The van der Waals surface area contributed by atoms with Crippen molar-refractivity contribution in [2.24, 2.45) is 5.73 Å². The molecule has 1 aromatic carbocycles. The molecule has 0 saturated carbocycles. The van der Waals surface area contributed by atoms with Gasteiger partial charge in [-0.05, 0) is 24.6 Å². The van der Waals surface area contributed by atoms with Crippen LogP contribution in [0.25, 0.3) is 6.08 Å². The molecule has 0 aliphatic carbocycles. The van der Waals surface area contributed by atoms with Crippen LogP contribution in [-0.4, -0.2) is 12.5 Å². The van der Waals surface area contributed by atoms with Gasteiger partial charge >= 0.3 is 0 Å². The van der Waals surface area contributed by atoms with Crippen LogP contribution in [-0.2, 0) is 0 Å². The van der Waals surface area contributed by atoms with E-state index in [0.717, 1.165) is 5.56 Å². The summed E-state index contributed by atoms with van der Waals surface area (Å²) in [4.78, 5) is 0. The molecule has 82 valence electrons. The third-order valence-corrected chi connectivity index (χ3v) is 2.22. The normalized spacial score (nSPS) is 12.9. The minimum atomic E-state index is -2.80. The first-order valence-electron chi connectivity index (χ1n) is 4.88. The van der Waals surface area contributed by atoms with E-state index in [1.165, 1.54) is 13.0 Å². The minimum Gasteiger partial charge on any atom is -0.330 e. The lowest BCUT2D eigenvalue weighted by atomic mass is 10.0. The van der Waals surface area contributed by atoms with Crippen molar-refractivity contribution < 1.29 is 8.78 Å². The van der Waals surface area contributed by atoms with E-state index in [4.69, 9.17) is 5.73 Å². The quantitative estimate of drug-likeness (QED) is 0.813. The molecule has 0 amide bonds. The molecular weight excluding hydrogens is 196 g/mol. The molecule has 0 aliphatic rings. The van der Waals surface area contributed by atoms with Gasteiger partial charge in [-0.15, -0.1) is 0 Å². The lowest BCUT2D eigenvalue weighted by Gasteiger charge is -2.16. The molecule has 0 aliphatic heterocycles. The van der Waals surface area contributed by atoms with Crippen molar-refractivity contribution in [3.63, 3.8) is 0 Å². The molecule has 0 radical (unpaired) electrons. The standard InChI is InChI=1S/C12H15F2N/c1-10(12(13,14)7-8-15)9-11-5-3-2-4-6-11/h2-6,9H,7-8,15H2,1H3/b10-9+. The van der Waals surface area contributed by atoms with Gasteiger partial charge in [0.25, 0.3) is 5.92 Å². The summed E-state index contributed by atoms with van der Waals surface area (Å²) in [6.07, 6.45) is 1.19. The van der Waals surface area contributed by atoms with Crippen molar-refractivity contribution in [2.75, 3.05) is 6.54 Å². The van der Waals surface area contributed by atoms with E-state index in [2.05, 4.69) is 0 Å². The highest BCUT2D eigenvalue weighted by molar-refractivity contribution is 5.53. The van der Waals surface area contributed by atoms with Crippen molar-refractivity contribution in [1.82, 2.24) is 0 Å². The second-order valence-corrected chi connectivity index (χ2v) is 3.48. The number of rotatable bonds is 4. The van der Waals surface area contributed by atoms with Gasteiger partial charge in [-0.1, -0.05) is 36.4 Å². The summed E-state index contributed by atoms with van der Waals surface area (Å²) < 4.78 is 26.7. The maximum atomic E-state index is 13.4. The zero-order valence-corrected chi connectivity index (χ0v) is 8.71. The van der Waals surface area contributed by atoms with Gasteiger partial charge in [0.05, 0.1) is 0 Å². The number of benzene rings is 1. The average Bonchev–Trinajstić information content (AvgIpc) is 2.19. The molecule has 3 heteroatoms. The Morgan fingerprint density at radius 3 is 2.47 bits per heavy atom. The van der Waals surface area contributed by atoms with Gasteiger partial charge in [-0.25, -0.2) is 8.78 Å². The third-order valence-electron chi connectivity index (χ3n) is 2.22. The van der Waals surface area contributed by atoms with Crippen molar-refractivity contribution in [2.45, 2.75) is 19.3 Å². The molecule has 2 N–H and O–H groups in total. The fraction of sp³-hybridized carbons (Fsp3) is 0.333. The number of alkyl halides is 2. The average molecular weight is 211 g/mol. The number of allylic oxidation sites excluding steroid dienone is 1. The van der Waals surface area contributed by atoms with E-state index in [9.17, 15) is 8.78 Å². The molecule has 0 bridgehead atoms. The summed E-state index contributed by atoms with van der Waals surface area (Å²) in [5.74, 6) is -2.80. The van der Waals surface area contributed by atoms with E-state index in [0.29, 0.717) is 0 Å². The van der Waals surface area contributed by atoms with E-state index in [1.54, 1.807) is 12.1 Å². The largest absolute Gasteiger partial charge is 0.330 e. The van der Waals surface area contributed by atoms with Gasteiger partial charge in [0.2, 0.25) is 0 Å². The topological polar surface area (TPSA) is 26.0 Å². The Bertz CT molecular complexity index is 331. The molecule has 0 unspecified atom stereocenters. The Morgan fingerprint density at radius 1 is 1.33 bits per heavy atom. The minimum absolute atomic E-state index is 0.00697. The first kappa shape index (κ1) is 11.9. The van der Waals surface area contributed by atoms with Crippen molar-refractivity contribution in [3.05, 3.63) is 41.5 Å². The first-order chi connectivity index (χ1) is 7.06. The van der Waals surface area contributed by atoms with Gasteiger partial charge in [-0.2, -0.15) is 0 Å². The van der Waals surface area contributed by atoms with E-state index in [-0.39, 0.29) is 18.5 Å². The first-order valence-corrected chi connectivity index (χ1v) is 4.88. The van der Waals surface area contributed by atoms with Crippen LogP contribution in [0, 0.1) is 0 Å². The van der Waals surface area contributed by atoms with Crippen LogP contribution in [0.4, 0.5) is 8.78 Å². The number of halogens is 2. The summed E-state index contributed by atoms with van der Waals surface area (Å²) >= 11 is 0. The third kappa shape index (κ3) is 3.44. The molecule has 0 saturated heterocycles. The highest BCUT2D eigenvalue weighted by Crippen LogP contribution is 2.28. The van der Waals surface area contributed by atoms with Crippen LogP contribution >= 0.6 is 0 Å². The Labute approximate surface area is 88.6 Å². The fourth-order valence-corrected chi connectivity index (χ4v) is 1.28. The maximum absolute atomic E-state index is 13.4. The van der Waals surface area contributed by atoms with Crippen LogP contribution in [0.15, 0.2) is 35.9 Å². The lowest BCUT2D eigenvalue weighted by Crippen LogP contribution is -2.22. The Balaban J connectivity index is 2.84. The van der Waals surface area contributed by atoms with Gasteiger partial charge < -0.3 is 5.73 Å². The summed E-state index contributed by atoms with van der Waals surface area (Å²) in [5, 5.41) is 0.